The van der Waals surface area contributed by atoms with E-state index < -0.39 is 0 Å². The minimum Gasteiger partial charge on any atom is -0.491 e. The molecule has 0 saturated carbocycles. The summed E-state index contributed by atoms with van der Waals surface area (Å²) < 4.78 is 11.4. The van der Waals surface area contributed by atoms with Crippen LogP contribution in [0.4, 0.5) is 0 Å². The zero-order chi connectivity index (χ0) is 21.9. The standard InChI is InChI=1S/C24H29N3O3/c1-16(2)29-20-13-9-18(10-14-20)23(28)27(6)15-21-25-26-22(30-21)17-7-11-19(12-8-17)24(3,4)5/h7-14,16H,15H2,1-6H3. The normalized spacial score (nSPS) is 11.6. The highest BCUT2D eigenvalue weighted by Gasteiger charge is 2.17. The van der Waals surface area contributed by atoms with Crippen LogP contribution in [-0.4, -0.2) is 34.2 Å². The van der Waals surface area contributed by atoms with Crippen LogP contribution in [0.15, 0.2) is 52.9 Å². The Bertz CT molecular complexity index is 984. The molecule has 0 N–H and O–H groups in total. The van der Waals surface area contributed by atoms with Crippen molar-refractivity contribution in [3.8, 4) is 17.2 Å². The van der Waals surface area contributed by atoms with E-state index in [9.17, 15) is 4.79 Å². The zero-order valence-corrected chi connectivity index (χ0v) is 18.5. The molecule has 0 fully saturated rings. The number of ether oxygens (including phenoxy) is 1. The van der Waals surface area contributed by atoms with Crippen LogP contribution in [0.2, 0.25) is 0 Å². The lowest BCUT2D eigenvalue weighted by Gasteiger charge is -2.18. The predicted molar refractivity (Wildman–Crippen MR) is 116 cm³/mol. The van der Waals surface area contributed by atoms with Crippen molar-refractivity contribution >= 4 is 5.91 Å². The van der Waals surface area contributed by atoms with Crippen molar-refractivity contribution in [1.29, 1.82) is 0 Å². The van der Waals surface area contributed by atoms with E-state index in [1.165, 1.54) is 5.56 Å². The quantitative estimate of drug-likeness (QED) is 0.569. The Hall–Kier alpha value is -3.15. The van der Waals surface area contributed by atoms with Crippen molar-refractivity contribution in [3.63, 3.8) is 0 Å². The lowest BCUT2D eigenvalue weighted by atomic mass is 9.87. The highest BCUT2D eigenvalue weighted by atomic mass is 16.5. The summed E-state index contributed by atoms with van der Waals surface area (Å²) in [5, 5.41) is 8.23. The molecule has 0 radical (unpaired) electrons. The molecule has 0 aliphatic heterocycles. The molecule has 3 aromatic rings. The number of rotatable bonds is 6. The van der Waals surface area contributed by atoms with E-state index in [4.69, 9.17) is 9.15 Å². The summed E-state index contributed by atoms with van der Waals surface area (Å²) >= 11 is 0. The predicted octanol–water partition coefficient (Wildman–Crippen LogP) is 5.09. The molecule has 0 bridgehead atoms. The second-order valence-corrected chi connectivity index (χ2v) is 8.68. The molecule has 1 aromatic heterocycles. The van der Waals surface area contributed by atoms with E-state index in [2.05, 4.69) is 43.1 Å². The van der Waals surface area contributed by atoms with E-state index in [0.717, 1.165) is 11.3 Å². The van der Waals surface area contributed by atoms with Crippen LogP contribution in [0.5, 0.6) is 5.75 Å². The smallest absolute Gasteiger partial charge is 0.254 e. The highest BCUT2D eigenvalue weighted by Crippen LogP contribution is 2.25. The molecule has 0 aliphatic carbocycles. The lowest BCUT2D eigenvalue weighted by Crippen LogP contribution is -2.26. The van der Waals surface area contributed by atoms with Gasteiger partial charge in [0.1, 0.15) is 5.75 Å². The van der Waals surface area contributed by atoms with Crippen molar-refractivity contribution in [2.75, 3.05) is 7.05 Å². The molecule has 0 unspecified atom stereocenters. The van der Waals surface area contributed by atoms with Gasteiger partial charge in [0.15, 0.2) is 0 Å². The van der Waals surface area contributed by atoms with Gasteiger partial charge < -0.3 is 14.1 Å². The van der Waals surface area contributed by atoms with Crippen molar-refractivity contribution in [3.05, 3.63) is 65.5 Å². The number of aromatic nitrogens is 2. The average molecular weight is 408 g/mol. The summed E-state index contributed by atoms with van der Waals surface area (Å²) in [6, 6.07) is 15.2. The van der Waals surface area contributed by atoms with Gasteiger partial charge in [-0.05, 0) is 61.2 Å². The minimum absolute atomic E-state index is 0.0840. The second-order valence-electron chi connectivity index (χ2n) is 8.68. The van der Waals surface area contributed by atoms with Crippen LogP contribution >= 0.6 is 0 Å². The fourth-order valence-electron chi connectivity index (χ4n) is 2.99. The van der Waals surface area contributed by atoms with E-state index in [0.29, 0.717) is 17.3 Å². The van der Waals surface area contributed by atoms with Crippen LogP contribution in [0.3, 0.4) is 0 Å². The Morgan fingerprint density at radius 2 is 1.67 bits per heavy atom. The van der Waals surface area contributed by atoms with Gasteiger partial charge in [0.2, 0.25) is 11.8 Å². The Kier molecular flexibility index (Phi) is 6.25. The molecule has 0 saturated heterocycles. The molecule has 3 rings (SSSR count). The third-order valence-corrected chi connectivity index (χ3v) is 4.66. The number of carbonyl (C=O) groups excluding carboxylic acids is 1. The minimum atomic E-state index is -0.125. The van der Waals surface area contributed by atoms with Gasteiger partial charge >= 0.3 is 0 Å². The Labute approximate surface area is 177 Å². The molecule has 1 heterocycles. The molecular weight excluding hydrogens is 378 g/mol. The third-order valence-electron chi connectivity index (χ3n) is 4.66. The Morgan fingerprint density at radius 1 is 1.03 bits per heavy atom. The first-order valence-corrected chi connectivity index (χ1v) is 10.1. The summed E-state index contributed by atoms with van der Waals surface area (Å²) in [6.45, 7) is 10.7. The molecule has 0 atom stereocenters. The summed E-state index contributed by atoms with van der Waals surface area (Å²) in [7, 11) is 1.71. The summed E-state index contributed by atoms with van der Waals surface area (Å²) in [4.78, 5) is 14.2. The number of amides is 1. The Balaban J connectivity index is 1.65. The fraction of sp³-hybridized carbons (Fsp3) is 0.375. The van der Waals surface area contributed by atoms with E-state index in [1.807, 2.05) is 26.0 Å². The van der Waals surface area contributed by atoms with E-state index >= 15 is 0 Å². The van der Waals surface area contributed by atoms with Gasteiger partial charge in [-0.15, -0.1) is 10.2 Å². The van der Waals surface area contributed by atoms with Crippen LogP contribution in [-0.2, 0) is 12.0 Å². The van der Waals surface area contributed by atoms with Crippen molar-refractivity contribution in [2.24, 2.45) is 0 Å². The van der Waals surface area contributed by atoms with Gasteiger partial charge in [0.25, 0.3) is 5.91 Å². The first-order chi connectivity index (χ1) is 14.1. The first-order valence-electron chi connectivity index (χ1n) is 10.1. The molecule has 158 valence electrons. The summed E-state index contributed by atoms with van der Waals surface area (Å²) in [6.07, 6.45) is 0.0885. The number of benzene rings is 2. The van der Waals surface area contributed by atoms with Crippen molar-refractivity contribution in [1.82, 2.24) is 15.1 Å². The lowest BCUT2D eigenvalue weighted by molar-refractivity contribution is 0.0773. The van der Waals surface area contributed by atoms with Gasteiger partial charge in [-0.2, -0.15) is 0 Å². The van der Waals surface area contributed by atoms with Gasteiger partial charge in [-0.25, -0.2) is 0 Å². The molecular formula is C24H29N3O3. The Morgan fingerprint density at radius 3 is 2.23 bits per heavy atom. The third kappa shape index (κ3) is 5.26. The number of hydrogen-bond donors (Lipinski definition) is 0. The number of nitrogens with zero attached hydrogens (tertiary/aromatic N) is 3. The maximum Gasteiger partial charge on any atom is 0.254 e. The average Bonchev–Trinajstić information content (AvgIpc) is 3.15. The molecule has 30 heavy (non-hydrogen) atoms. The zero-order valence-electron chi connectivity index (χ0n) is 18.5. The molecule has 0 aliphatic rings. The maximum absolute atomic E-state index is 12.7. The summed E-state index contributed by atoms with van der Waals surface area (Å²) in [5.74, 6) is 1.45. The van der Waals surface area contributed by atoms with Gasteiger partial charge in [-0.3, -0.25) is 4.79 Å². The molecule has 6 nitrogen and oxygen atoms in total. The van der Waals surface area contributed by atoms with Crippen molar-refractivity contribution in [2.45, 2.75) is 52.7 Å². The number of carbonyl (C=O) groups is 1. The largest absolute Gasteiger partial charge is 0.491 e. The van der Waals surface area contributed by atoms with E-state index in [1.54, 1.807) is 36.2 Å². The van der Waals surface area contributed by atoms with Crippen LogP contribution < -0.4 is 4.74 Å². The molecule has 1 amide bonds. The molecule has 0 spiro atoms. The molecule has 2 aromatic carbocycles. The van der Waals surface area contributed by atoms with Gasteiger partial charge in [0, 0.05) is 18.2 Å². The van der Waals surface area contributed by atoms with Gasteiger partial charge in [0.05, 0.1) is 12.6 Å². The first kappa shape index (κ1) is 21.6. The van der Waals surface area contributed by atoms with Gasteiger partial charge in [-0.1, -0.05) is 32.9 Å². The van der Waals surface area contributed by atoms with Crippen LogP contribution in [0.25, 0.3) is 11.5 Å². The van der Waals surface area contributed by atoms with Crippen LogP contribution in [0.1, 0.15) is 56.4 Å². The summed E-state index contributed by atoms with van der Waals surface area (Å²) in [5.41, 5.74) is 2.75. The van der Waals surface area contributed by atoms with Crippen molar-refractivity contribution < 1.29 is 13.9 Å². The SMILES string of the molecule is CC(C)Oc1ccc(C(=O)N(C)Cc2nnc(-c3ccc(C(C)(C)C)cc3)o2)cc1. The highest BCUT2D eigenvalue weighted by molar-refractivity contribution is 5.94. The molecule has 6 heteroatoms. The topological polar surface area (TPSA) is 68.5 Å². The van der Waals surface area contributed by atoms with Crippen LogP contribution in [0, 0.1) is 0 Å². The maximum atomic E-state index is 12.7. The second kappa shape index (κ2) is 8.69. The fourth-order valence-corrected chi connectivity index (χ4v) is 2.99. The monoisotopic (exact) mass is 407 g/mol. The van der Waals surface area contributed by atoms with E-state index in [-0.39, 0.29) is 24.0 Å². The number of hydrogen-bond acceptors (Lipinski definition) is 5.